The summed E-state index contributed by atoms with van der Waals surface area (Å²) in [6, 6.07) is 3.07. The number of alkyl halides is 3. The molecule has 7 nitrogen and oxygen atoms in total. The fourth-order valence-corrected chi connectivity index (χ4v) is 6.09. The number of halogens is 3. The number of carbonyl (C=O) groups excluding carboxylic acids is 1. The first kappa shape index (κ1) is 22.2. The number of imidazole rings is 1. The van der Waals surface area contributed by atoms with Crippen LogP contribution in [0.15, 0.2) is 24.4 Å². The smallest absolute Gasteiger partial charge is 0.399 e. The Kier molecular flexibility index (Phi) is 4.51. The Labute approximate surface area is 200 Å². The van der Waals surface area contributed by atoms with E-state index >= 15 is 0 Å². The van der Waals surface area contributed by atoms with E-state index in [1.54, 1.807) is 13.1 Å². The van der Waals surface area contributed by atoms with Crippen LogP contribution in [0, 0.1) is 24.2 Å². The van der Waals surface area contributed by atoms with Gasteiger partial charge in [0.05, 0.1) is 42.0 Å². The molecule has 184 valence electrons. The molecule has 0 unspecified atom stereocenters. The van der Waals surface area contributed by atoms with Crippen LogP contribution >= 0.6 is 0 Å². The van der Waals surface area contributed by atoms with Gasteiger partial charge in [0.15, 0.2) is 0 Å². The van der Waals surface area contributed by atoms with E-state index < -0.39 is 17.8 Å². The van der Waals surface area contributed by atoms with E-state index in [0.29, 0.717) is 42.1 Å². The summed E-state index contributed by atoms with van der Waals surface area (Å²) in [5, 5.41) is 3.29. The number of hydrogen-bond donors (Lipinski definition) is 2. The summed E-state index contributed by atoms with van der Waals surface area (Å²) in [6.07, 6.45) is -0.820. The van der Waals surface area contributed by atoms with Gasteiger partial charge < -0.3 is 16.0 Å². The molecule has 3 heterocycles. The van der Waals surface area contributed by atoms with Crippen LogP contribution in [0.3, 0.4) is 0 Å². The van der Waals surface area contributed by atoms with Gasteiger partial charge in [0.25, 0.3) is 0 Å². The average Bonchev–Trinajstić information content (AvgIpc) is 3.35. The fourth-order valence-electron chi connectivity index (χ4n) is 6.09. The molecule has 4 aliphatic rings. The van der Waals surface area contributed by atoms with E-state index in [0.717, 1.165) is 41.9 Å². The van der Waals surface area contributed by atoms with Crippen molar-refractivity contribution in [2.24, 2.45) is 17.3 Å². The Bertz CT molecular complexity index is 1370. The van der Waals surface area contributed by atoms with Gasteiger partial charge in [-0.25, -0.2) is 4.98 Å². The lowest BCUT2D eigenvalue weighted by molar-refractivity contribution is -0.205. The lowest BCUT2D eigenvalue weighted by Crippen LogP contribution is -2.66. The van der Waals surface area contributed by atoms with Gasteiger partial charge in [-0.3, -0.25) is 9.20 Å². The molecule has 2 atom stereocenters. The van der Waals surface area contributed by atoms with Crippen molar-refractivity contribution in [3.8, 4) is 0 Å². The monoisotopic (exact) mass is 484 g/mol. The third kappa shape index (κ3) is 3.14. The molecule has 1 amide bonds. The minimum atomic E-state index is -4.49. The number of fused-ring (bicyclic) bond motifs is 3. The zero-order valence-electron chi connectivity index (χ0n) is 19.8. The average molecular weight is 485 g/mol. The number of carbonyl (C=O) groups is 1. The van der Waals surface area contributed by atoms with Crippen LogP contribution in [0.2, 0.25) is 0 Å². The maximum absolute atomic E-state index is 13.5. The van der Waals surface area contributed by atoms with Gasteiger partial charge in [-0.1, -0.05) is 6.92 Å². The minimum Gasteiger partial charge on any atom is -0.399 e. The lowest BCUT2D eigenvalue weighted by Gasteiger charge is -2.66. The van der Waals surface area contributed by atoms with Gasteiger partial charge in [0.1, 0.15) is 5.82 Å². The summed E-state index contributed by atoms with van der Waals surface area (Å²) in [6.45, 7) is 6.74. The summed E-state index contributed by atoms with van der Waals surface area (Å²) in [4.78, 5) is 24.5. The first-order valence-electron chi connectivity index (χ1n) is 11.9. The zero-order valence-corrected chi connectivity index (χ0v) is 19.8. The Morgan fingerprint density at radius 2 is 2.00 bits per heavy atom. The molecule has 3 fully saturated rings. The predicted octanol–water partition coefficient (Wildman–Crippen LogP) is 4.70. The van der Waals surface area contributed by atoms with Crippen molar-refractivity contribution in [3.63, 3.8) is 0 Å². The third-order valence-corrected chi connectivity index (χ3v) is 8.43. The SMILES string of the molecule is Cc1cnc2nc(N[C@H](C)c3cc(N)cc(C(F)(F)F)c3)c3c(n12)CN(C(=O)C12CC(C1)[C@@H]2C)C3. The molecular formula is C25H27F3N6O. The van der Waals surface area contributed by atoms with Crippen LogP contribution < -0.4 is 11.1 Å². The van der Waals surface area contributed by atoms with E-state index in [4.69, 9.17) is 10.7 Å². The molecule has 3 aromatic rings. The van der Waals surface area contributed by atoms with Crippen LogP contribution in [0.5, 0.6) is 0 Å². The maximum Gasteiger partial charge on any atom is 0.416 e. The highest BCUT2D eigenvalue weighted by Gasteiger charge is 2.68. The normalized spacial score (nSPS) is 25.7. The minimum absolute atomic E-state index is 0.0467. The summed E-state index contributed by atoms with van der Waals surface area (Å²) in [5.74, 6) is 2.32. The second kappa shape index (κ2) is 7.11. The van der Waals surface area contributed by atoms with Gasteiger partial charge in [0, 0.05) is 16.9 Å². The summed E-state index contributed by atoms with van der Waals surface area (Å²) in [5.41, 5.74) is 7.95. The molecule has 0 spiro atoms. The number of rotatable bonds is 4. The molecule has 2 aromatic heterocycles. The Morgan fingerprint density at radius 3 is 2.63 bits per heavy atom. The first-order chi connectivity index (χ1) is 16.5. The molecule has 7 rings (SSSR count). The molecule has 0 radical (unpaired) electrons. The van der Waals surface area contributed by atoms with Crippen molar-refractivity contribution in [1.29, 1.82) is 0 Å². The fraction of sp³-hybridized carbons (Fsp3) is 0.480. The van der Waals surface area contributed by atoms with Crippen LogP contribution in [0.1, 0.15) is 60.8 Å². The molecule has 3 aliphatic carbocycles. The number of aromatic nitrogens is 3. The molecule has 10 heteroatoms. The van der Waals surface area contributed by atoms with Crippen molar-refractivity contribution in [3.05, 3.63) is 52.5 Å². The van der Waals surface area contributed by atoms with Crippen molar-refractivity contribution < 1.29 is 18.0 Å². The Balaban J connectivity index is 1.35. The highest BCUT2D eigenvalue weighted by atomic mass is 19.4. The van der Waals surface area contributed by atoms with Crippen LogP contribution in [0.4, 0.5) is 24.7 Å². The van der Waals surface area contributed by atoms with Gasteiger partial charge >= 0.3 is 6.18 Å². The number of benzene rings is 1. The van der Waals surface area contributed by atoms with Crippen molar-refractivity contribution >= 4 is 23.2 Å². The number of amides is 1. The number of hydrogen-bond acceptors (Lipinski definition) is 5. The van der Waals surface area contributed by atoms with Gasteiger partial charge in [-0.05, 0) is 62.3 Å². The predicted molar refractivity (Wildman–Crippen MR) is 124 cm³/mol. The number of nitrogens with zero attached hydrogens (tertiary/aromatic N) is 4. The van der Waals surface area contributed by atoms with Crippen molar-refractivity contribution in [2.45, 2.75) is 58.9 Å². The molecule has 2 bridgehead atoms. The molecule has 35 heavy (non-hydrogen) atoms. The maximum atomic E-state index is 13.5. The second-order valence-corrected chi connectivity index (χ2v) is 10.4. The van der Waals surface area contributed by atoms with E-state index in [9.17, 15) is 18.0 Å². The van der Waals surface area contributed by atoms with E-state index in [1.807, 2.05) is 16.2 Å². The van der Waals surface area contributed by atoms with Crippen LogP contribution in [0.25, 0.3) is 5.78 Å². The molecule has 1 aromatic carbocycles. The Morgan fingerprint density at radius 1 is 1.26 bits per heavy atom. The highest BCUT2D eigenvalue weighted by molar-refractivity contribution is 5.87. The second-order valence-electron chi connectivity index (χ2n) is 10.4. The van der Waals surface area contributed by atoms with Crippen LogP contribution in [-0.4, -0.2) is 25.2 Å². The molecule has 3 saturated carbocycles. The summed E-state index contributed by atoms with van der Waals surface area (Å²) in [7, 11) is 0. The first-order valence-corrected chi connectivity index (χ1v) is 11.9. The molecule has 1 aliphatic heterocycles. The largest absolute Gasteiger partial charge is 0.416 e. The van der Waals surface area contributed by atoms with E-state index in [-0.39, 0.29) is 17.0 Å². The van der Waals surface area contributed by atoms with Gasteiger partial charge in [-0.2, -0.15) is 18.2 Å². The topological polar surface area (TPSA) is 88.5 Å². The third-order valence-electron chi connectivity index (χ3n) is 8.43. The molecule has 0 saturated heterocycles. The highest BCUT2D eigenvalue weighted by Crippen LogP contribution is 2.69. The summed E-state index contributed by atoms with van der Waals surface area (Å²) >= 11 is 0. The number of aryl methyl sites for hydroxylation is 1. The van der Waals surface area contributed by atoms with Crippen molar-refractivity contribution in [2.75, 3.05) is 11.1 Å². The number of anilines is 2. The Hall–Kier alpha value is -3.30. The standard InChI is InChI=1S/C25H27F3N6O/c1-12-9-30-23-32-21(31-14(3)15-4-17(25(26,27)28)6-18(29)5-15)19-10-33(11-20(19)34(12)23)22(35)24-7-16(8-24)13(24)2/h4-6,9,13-14,16H,7-8,10-11,29H2,1-3H3,(H,30,31,32)/t13-,14+,16?,24?/m0/s1. The van der Waals surface area contributed by atoms with Gasteiger partial charge in [0.2, 0.25) is 11.7 Å². The molecule has 3 N–H and O–H groups in total. The quantitative estimate of drug-likeness (QED) is 0.524. The molecular weight excluding hydrogens is 457 g/mol. The zero-order chi connectivity index (χ0) is 24.9. The number of nitrogens with two attached hydrogens (primary N) is 1. The lowest BCUT2D eigenvalue weighted by atomic mass is 9.37. The number of nitrogens with one attached hydrogen (secondary N) is 1. The van der Waals surface area contributed by atoms with E-state index in [2.05, 4.69) is 17.2 Å². The van der Waals surface area contributed by atoms with Gasteiger partial charge in [-0.15, -0.1) is 0 Å². The van der Waals surface area contributed by atoms with Crippen LogP contribution in [-0.2, 0) is 24.1 Å². The van der Waals surface area contributed by atoms with Crippen molar-refractivity contribution in [1.82, 2.24) is 19.3 Å². The number of nitrogen functional groups attached to an aromatic ring is 1. The van der Waals surface area contributed by atoms with E-state index in [1.165, 1.54) is 6.07 Å². The summed E-state index contributed by atoms with van der Waals surface area (Å²) < 4.78 is 42.0.